The highest BCUT2D eigenvalue weighted by atomic mass is 16.5. The van der Waals surface area contributed by atoms with Crippen LogP contribution in [0, 0.1) is 0 Å². The second-order valence-corrected chi connectivity index (χ2v) is 5.48. The third-order valence-corrected chi connectivity index (χ3v) is 4.07. The predicted molar refractivity (Wildman–Crippen MR) is 91.9 cm³/mol. The molecule has 0 atom stereocenters. The number of hydrogen-bond donors (Lipinski definition) is 1. The average Bonchev–Trinajstić information content (AvgIpc) is 3.15. The van der Waals surface area contributed by atoms with E-state index in [0.717, 1.165) is 29.2 Å². The number of rotatable bonds is 3. The second-order valence-electron chi connectivity index (χ2n) is 5.48. The van der Waals surface area contributed by atoms with Crippen molar-refractivity contribution in [3.05, 3.63) is 78.4 Å². The summed E-state index contributed by atoms with van der Waals surface area (Å²) in [4.78, 5) is 4.54. The largest absolute Gasteiger partial charge is 0.496 e. The number of ether oxygens (including phenoxy) is 1. The number of anilines is 1. The van der Waals surface area contributed by atoms with Crippen LogP contribution in [0.2, 0.25) is 0 Å². The first-order chi connectivity index (χ1) is 11.3. The number of benzene rings is 1. The summed E-state index contributed by atoms with van der Waals surface area (Å²) in [7, 11) is 1.70. The number of nitrogens with one attached hydrogen (secondary N) is 1. The molecule has 23 heavy (non-hydrogen) atoms. The van der Waals surface area contributed by atoms with Crippen LogP contribution in [-0.4, -0.2) is 16.7 Å². The Morgan fingerprint density at radius 2 is 1.96 bits per heavy atom. The van der Waals surface area contributed by atoms with Gasteiger partial charge in [0, 0.05) is 36.1 Å². The van der Waals surface area contributed by atoms with Gasteiger partial charge in [0.05, 0.1) is 19.0 Å². The van der Waals surface area contributed by atoms with E-state index in [1.54, 1.807) is 7.11 Å². The monoisotopic (exact) mass is 303 g/mol. The number of hydrogen-bond acceptors (Lipinski definition) is 3. The topological polar surface area (TPSA) is 39.1 Å². The fourth-order valence-electron chi connectivity index (χ4n) is 2.90. The summed E-state index contributed by atoms with van der Waals surface area (Å²) in [6.07, 6.45) is 8.77. The van der Waals surface area contributed by atoms with Crippen LogP contribution < -0.4 is 10.1 Å². The van der Waals surface area contributed by atoms with Gasteiger partial charge < -0.3 is 14.6 Å². The summed E-state index contributed by atoms with van der Waals surface area (Å²) < 4.78 is 7.54. The van der Waals surface area contributed by atoms with Crippen LogP contribution in [0.5, 0.6) is 5.75 Å². The number of methoxy groups -OCH3 is 1. The lowest BCUT2D eigenvalue weighted by Crippen LogP contribution is -2.08. The number of fused-ring (bicyclic) bond motifs is 1. The van der Waals surface area contributed by atoms with Gasteiger partial charge in [-0.05, 0) is 29.8 Å². The Kier molecular flexibility index (Phi) is 3.35. The van der Waals surface area contributed by atoms with Crippen LogP contribution in [-0.2, 0) is 6.42 Å². The van der Waals surface area contributed by atoms with Crippen molar-refractivity contribution >= 4 is 11.4 Å². The Hall–Kier alpha value is -3.01. The van der Waals surface area contributed by atoms with Crippen molar-refractivity contribution in [2.45, 2.75) is 6.42 Å². The molecule has 0 radical (unpaired) electrons. The third-order valence-electron chi connectivity index (χ3n) is 4.07. The summed E-state index contributed by atoms with van der Waals surface area (Å²) in [5.74, 6) is 1.80. The summed E-state index contributed by atoms with van der Waals surface area (Å²) in [6.45, 7) is 0. The molecule has 0 saturated heterocycles. The first-order valence-electron chi connectivity index (χ1n) is 7.56. The van der Waals surface area contributed by atoms with E-state index in [0.29, 0.717) is 0 Å². The normalized spacial score (nSPS) is 13.0. The molecule has 0 spiro atoms. The maximum absolute atomic E-state index is 5.48. The summed E-state index contributed by atoms with van der Waals surface area (Å²) in [5.41, 5.74) is 4.55. The van der Waals surface area contributed by atoms with E-state index in [1.807, 2.05) is 55.1 Å². The van der Waals surface area contributed by atoms with Gasteiger partial charge in [-0.3, -0.25) is 0 Å². The zero-order valence-corrected chi connectivity index (χ0v) is 12.9. The fourth-order valence-corrected chi connectivity index (χ4v) is 2.90. The second kappa shape index (κ2) is 5.65. The van der Waals surface area contributed by atoms with Gasteiger partial charge in [0.1, 0.15) is 11.6 Å². The van der Waals surface area contributed by atoms with Crippen LogP contribution in [0.25, 0.3) is 11.3 Å². The average molecular weight is 303 g/mol. The van der Waals surface area contributed by atoms with E-state index in [-0.39, 0.29) is 0 Å². The number of nitrogens with zero attached hydrogens (tertiary/aromatic N) is 2. The van der Waals surface area contributed by atoms with E-state index in [1.165, 1.54) is 11.1 Å². The Balaban J connectivity index is 1.70. The summed E-state index contributed by atoms with van der Waals surface area (Å²) in [6, 6.07) is 14.3. The van der Waals surface area contributed by atoms with E-state index in [4.69, 9.17) is 4.74 Å². The maximum Gasteiger partial charge on any atom is 0.133 e. The third kappa shape index (κ3) is 2.48. The lowest BCUT2D eigenvalue weighted by atomic mass is 9.96. The molecule has 1 N–H and O–H groups in total. The molecule has 0 fully saturated rings. The Bertz CT molecular complexity index is 866. The molecule has 4 nitrogen and oxygen atoms in total. The Morgan fingerprint density at radius 3 is 2.78 bits per heavy atom. The Morgan fingerprint density at radius 1 is 1.13 bits per heavy atom. The molecule has 1 aromatic carbocycles. The van der Waals surface area contributed by atoms with Gasteiger partial charge in [-0.1, -0.05) is 18.2 Å². The van der Waals surface area contributed by atoms with E-state index in [2.05, 4.69) is 27.0 Å². The van der Waals surface area contributed by atoms with Gasteiger partial charge in [0.15, 0.2) is 0 Å². The minimum atomic E-state index is 0.824. The van der Waals surface area contributed by atoms with Crippen molar-refractivity contribution in [1.29, 1.82) is 0 Å². The van der Waals surface area contributed by atoms with Crippen molar-refractivity contribution in [1.82, 2.24) is 9.55 Å². The molecule has 0 unspecified atom stereocenters. The molecule has 114 valence electrons. The standard InChI is InChI=1S/C19H17N3O/c1-23-18-7-3-2-6-17(18)15-10-14-11-16(22-8-4-5-9-22)13-21-19(14)20-12-15/h2-9,11-13H,10H2,1H3,(H,20,21). The van der Waals surface area contributed by atoms with Gasteiger partial charge in [-0.15, -0.1) is 0 Å². The number of allylic oxidation sites excluding steroid dienone is 1. The molecule has 4 rings (SSSR count). The minimum Gasteiger partial charge on any atom is -0.496 e. The van der Waals surface area contributed by atoms with Gasteiger partial charge in [0.25, 0.3) is 0 Å². The zero-order valence-electron chi connectivity index (χ0n) is 12.9. The maximum atomic E-state index is 5.48. The highest BCUT2D eigenvalue weighted by Gasteiger charge is 2.16. The molecule has 3 aromatic rings. The predicted octanol–water partition coefficient (Wildman–Crippen LogP) is 3.89. The SMILES string of the molecule is COc1ccccc1C1=CNc2ncc(-n3cccc3)cc2C1. The Labute approximate surface area is 135 Å². The van der Waals surface area contributed by atoms with Crippen molar-refractivity contribution in [2.75, 3.05) is 12.4 Å². The molecule has 1 aliphatic heterocycles. The van der Waals surface area contributed by atoms with Gasteiger partial charge in [-0.2, -0.15) is 0 Å². The van der Waals surface area contributed by atoms with Crippen molar-refractivity contribution in [3.63, 3.8) is 0 Å². The minimum absolute atomic E-state index is 0.824. The quantitative estimate of drug-likeness (QED) is 0.798. The molecule has 2 aromatic heterocycles. The molecule has 1 aliphatic rings. The lowest BCUT2D eigenvalue weighted by molar-refractivity contribution is 0.413. The molecule has 0 bridgehead atoms. The fraction of sp³-hybridized carbons (Fsp3) is 0.105. The smallest absolute Gasteiger partial charge is 0.133 e. The molecule has 4 heteroatoms. The van der Waals surface area contributed by atoms with Gasteiger partial charge in [0.2, 0.25) is 0 Å². The first-order valence-corrected chi connectivity index (χ1v) is 7.56. The molecule has 0 saturated carbocycles. The lowest BCUT2D eigenvalue weighted by Gasteiger charge is -2.20. The molecular formula is C19H17N3O. The van der Waals surface area contributed by atoms with E-state index in [9.17, 15) is 0 Å². The highest BCUT2D eigenvalue weighted by Crippen LogP contribution is 2.33. The highest BCUT2D eigenvalue weighted by molar-refractivity contribution is 5.78. The summed E-state index contributed by atoms with van der Waals surface area (Å²) in [5, 5.41) is 3.30. The number of para-hydroxylation sites is 1. The van der Waals surface area contributed by atoms with Crippen molar-refractivity contribution in [3.8, 4) is 11.4 Å². The molecular weight excluding hydrogens is 286 g/mol. The summed E-state index contributed by atoms with van der Waals surface area (Å²) >= 11 is 0. The van der Waals surface area contributed by atoms with Crippen molar-refractivity contribution in [2.24, 2.45) is 0 Å². The number of pyridine rings is 1. The van der Waals surface area contributed by atoms with Crippen molar-refractivity contribution < 1.29 is 4.74 Å². The molecule has 0 aliphatic carbocycles. The van der Waals surface area contributed by atoms with E-state index < -0.39 is 0 Å². The first kappa shape index (κ1) is 13.6. The number of aromatic nitrogens is 2. The van der Waals surface area contributed by atoms with Crippen LogP contribution >= 0.6 is 0 Å². The van der Waals surface area contributed by atoms with Gasteiger partial charge in [-0.25, -0.2) is 4.98 Å². The molecule has 0 amide bonds. The van der Waals surface area contributed by atoms with Crippen LogP contribution in [0.3, 0.4) is 0 Å². The van der Waals surface area contributed by atoms with Crippen LogP contribution in [0.1, 0.15) is 11.1 Å². The van der Waals surface area contributed by atoms with Crippen LogP contribution in [0.4, 0.5) is 5.82 Å². The zero-order chi connectivity index (χ0) is 15.6. The van der Waals surface area contributed by atoms with Crippen LogP contribution in [0.15, 0.2) is 67.3 Å². The van der Waals surface area contributed by atoms with Gasteiger partial charge >= 0.3 is 0 Å². The van der Waals surface area contributed by atoms with E-state index >= 15 is 0 Å². The molecule has 3 heterocycles.